The fourth-order valence-electron chi connectivity index (χ4n) is 1.80. The highest BCUT2D eigenvalue weighted by atomic mass is 79.9. The summed E-state index contributed by atoms with van der Waals surface area (Å²) in [5.41, 5.74) is 7.54. The number of hydrogen-bond acceptors (Lipinski definition) is 3. The molecule has 0 aliphatic rings. The molecule has 2 aromatic carbocycles. The van der Waals surface area contributed by atoms with E-state index in [0.29, 0.717) is 29.7 Å². The Morgan fingerprint density at radius 2 is 2.00 bits per heavy atom. The van der Waals surface area contributed by atoms with Gasteiger partial charge in [0.1, 0.15) is 6.61 Å². The van der Waals surface area contributed by atoms with Gasteiger partial charge < -0.3 is 15.2 Å². The molecule has 0 heterocycles. The van der Waals surface area contributed by atoms with Crippen LogP contribution in [0.1, 0.15) is 11.1 Å². The Bertz CT molecular complexity index is 604. The Morgan fingerprint density at radius 3 is 2.65 bits per heavy atom. The zero-order valence-electron chi connectivity index (χ0n) is 11.0. The minimum absolute atomic E-state index is 0.372. The van der Waals surface area contributed by atoms with Crippen LogP contribution in [0.5, 0.6) is 11.5 Å². The van der Waals surface area contributed by atoms with Gasteiger partial charge in [-0.1, -0.05) is 29.8 Å². The van der Waals surface area contributed by atoms with E-state index in [9.17, 15) is 0 Å². The Hall–Kier alpha value is -1.23. The van der Waals surface area contributed by atoms with Crippen molar-refractivity contribution in [2.45, 2.75) is 13.2 Å². The summed E-state index contributed by atoms with van der Waals surface area (Å²) in [6.07, 6.45) is 0. The quantitative estimate of drug-likeness (QED) is 0.875. The fraction of sp³-hybridized carbons (Fsp3) is 0.200. The summed E-state index contributed by atoms with van der Waals surface area (Å²) in [5, 5.41) is 0.682. The summed E-state index contributed by atoms with van der Waals surface area (Å²) in [6.45, 7) is 0.816. The predicted octanol–water partition coefficient (Wildman–Crippen LogP) is 4.15. The van der Waals surface area contributed by atoms with E-state index in [-0.39, 0.29) is 0 Å². The zero-order valence-corrected chi connectivity index (χ0v) is 13.4. The average Bonchev–Trinajstić information content (AvgIpc) is 2.46. The molecule has 0 amide bonds. The summed E-state index contributed by atoms with van der Waals surface area (Å²) in [5.74, 6) is 1.29. The summed E-state index contributed by atoms with van der Waals surface area (Å²) in [4.78, 5) is 0. The molecule has 20 heavy (non-hydrogen) atoms. The molecule has 0 fully saturated rings. The zero-order chi connectivity index (χ0) is 14.5. The van der Waals surface area contributed by atoms with Gasteiger partial charge in [0.15, 0.2) is 11.5 Å². The molecule has 0 aromatic heterocycles. The van der Waals surface area contributed by atoms with Gasteiger partial charge in [-0.3, -0.25) is 0 Å². The van der Waals surface area contributed by atoms with E-state index in [1.165, 1.54) is 0 Å². The minimum Gasteiger partial charge on any atom is -0.493 e. The van der Waals surface area contributed by atoms with Gasteiger partial charge >= 0.3 is 0 Å². The lowest BCUT2D eigenvalue weighted by atomic mass is 10.2. The number of halogens is 2. The molecule has 0 aliphatic heterocycles. The topological polar surface area (TPSA) is 44.5 Å². The largest absolute Gasteiger partial charge is 0.493 e. The van der Waals surface area contributed by atoms with Crippen LogP contribution in [-0.4, -0.2) is 7.11 Å². The van der Waals surface area contributed by atoms with Gasteiger partial charge in [0.2, 0.25) is 0 Å². The molecule has 5 heteroatoms. The van der Waals surface area contributed by atoms with E-state index in [1.54, 1.807) is 7.11 Å². The van der Waals surface area contributed by atoms with Gasteiger partial charge in [-0.05, 0) is 39.7 Å². The maximum atomic E-state index is 6.11. The second-order valence-electron chi connectivity index (χ2n) is 4.19. The highest BCUT2D eigenvalue weighted by Crippen LogP contribution is 2.37. The SMILES string of the molecule is COc1cc(CN)cc(Br)c1OCc1ccccc1Cl. The number of ether oxygens (including phenoxy) is 2. The molecule has 0 saturated carbocycles. The summed E-state index contributed by atoms with van der Waals surface area (Å²) in [6, 6.07) is 11.4. The first-order valence-corrected chi connectivity index (χ1v) is 7.25. The van der Waals surface area contributed by atoms with Gasteiger partial charge in [0.05, 0.1) is 11.6 Å². The van der Waals surface area contributed by atoms with Crippen LogP contribution in [0.2, 0.25) is 5.02 Å². The molecule has 2 aromatic rings. The maximum Gasteiger partial charge on any atom is 0.175 e. The smallest absolute Gasteiger partial charge is 0.175 e. The van der Waals surface area contributed by atoms with Crippen LogP contribution < -0.4 is 15.2 Å². The third-order valence-corrected chi connectivity index (χ3v) is 3.81. The van der Waals surface area contributed by atoms with Crippen LogP contribution in [0, 0.1) is 0 Å². The summed E-state index contributed by atoms with van der Waals surface area (Å²) >= 11 is 9.59. The molecule has 0 spiro atoms. The molecule has 3 nitrogen and oxygen atoms in total. The molecular weight excluding hydrogens is 342 g/mol. The van der Waals surface area contributed by atoms with Crippen molar-refractivity contribution < 1.29 is 9.47 Å². The van der Waals surface area contributed by atoms with Crippen LogP contribution in [0.25, 0.3) is 0 Å². The summed E-state index contributed by atoms with van der Waals surface area (Å²) < 4.78 is 12.0. The van der Waals surface area contributed by atoms with Crippen LogP contribution in [0.3, 0.4) is 0 Å². The first kappa shape index (κ1) is 15.2. The Labute approximate surface area is 131 Å². The monoisotopic (exact) mass is 355 g/mol. The van der Waals surface area contributed by atoms with E-state index in [2.05, 4.69) is 15.9 Å². The van der Waals surface area contributed by atoms with Crippen molar-refractivity contribution in [1.82, 2.24) is 0 Å². The second-order valence-corrected chi connectivity index (χ2v) is 5.45. The van der Waals surface area contributed by atoms with Crippen molar-refractivity contribution in [3.05, 3.63) is 57.0 Å². The van der Waals surface area contributed by atoms with E-state index >= 15 is 0 Å². The molecule has 0 bridgehead atoms. The number of rotatable bonds is 5. The van der Waals surface area contributed by atoms with Crippen LogP contribution in [-0.2, 0) is 13.2 Å². The number of methoxy groups -OCH3 is 1. The average molecular weight is 357 g/mol. The molecular formula is C15H15BrClNO2. The molecule has 2 N–H and O–H groups in total. The standard InChI is InChI=1S/C15H15BrClNO2/c1-19-14-7-10(8-18)6-12(16)15(14)20-9-11-4-2-3-5-13(11)17/h2-7H,8-9,18H2,1H3. The lowest BCUT2D eigenvalue weighted by molar-refractivity contribution is 0.282. The Kier molecular flexibility index (Phi) is 5.29. The molecule has 0 aliphatic carbocycles. The lowest BCUT2D eigenvalue weighted by Crippen LogP contribution is -2.02. The third-order valence-electron chi connectivity index (χ3n) is 2.85. The van der Waals surface area contributed by atoms with E-state index < -0.39 is 0 Å². The molecule has 0 saturated heterocycles. The van der Waals surface area contributed by atoms with Crippen LogP contribution in [0.15, 0.2) is 40.9 Å². The maximum absolute atomic E-state index is 6.11. The first-order valence-electron chi connectivity index (χ1n) is 6.08. The Morgan fingerprint density at radius 1 is 1.25 bits per heavy atom. The van der Waals surface area contributed by atoms with E-state index in [4.69, 9.17) is 26.8 Å². The van der Waals surface area contributed by atoms with Gasteiger partial charge in [0, 0.05) is 17.1 Å². The van der Waals surface area contributed by atoms with Crippen molar-refractivity contribution in [2.75, 3.05) is 7.11 Å². The normalized spacial score (nSPS) is 10.4. The predicted molar refractivity (Wildman–Crippen MR) is 84.4 cm³/mol. The summed E-state index contributed by atoms with van der Waals surface area (Å²) in [7, 11) is 1.60. The lowest BCUT2D eigenvalue weighted by Gasteiger charge is -2.14. The van der Waals surface area contributed by atoms with Gasteiger partial charge in [0.25, 0.3) is 0 Å². The first-order chi connectivity index (χ1) is 9.65. The fourth-order valence-corrected chi connectivity index (χ4v) is 2.59. The number of nitrogens with two attached hydrogens (primary N) is 1. The molecule has 2 rings (SSSR count). The van der Waals surface area contributed by atoms with Gasteiger partial charge in [-0.2, -0.15) is 0 Å². The van der Waals surface area contributed by atoms with Crippen LogP contribution >= 0.6 is 27.5 Å². The molecule has 0 atom stereocenters. The molecule has 0 unspecified atom stereocenters. The van der Waals surface area contributed by atoms with Crippen molar-refractivity contribution >= 4 is 27.5 Å². The van der Waals surface area contributed by atoms with Crippen molar-refractivity contribution in [2.24, 2.45) is 5.73 Å². The molecule has 106 valence electrons. The van der Waals surface area contributed by atoms with Gasteiger partial charge in [-0.15, -0.1) is 0 Å². The van der Waals surface area contributed by atoms with Crippen molar-refractivity contribution in [3.8, 4) is 11.5 Å². The number of hydrogen-bond donors (Lipinski definition) is 1. The van der Waals surface area contributed by atoms with Crippen LogP contribution in [0.4, 0.5) is 0 Å². The minimum atomic E-state index is 0.372. The third kappa shape index (κ3) is 3.45. The Balaban J connectivity index is 2.23. The van der Waals surface area contributed by atoms with Crippen molar-refractivity contribution in [1.29, 1.82) is 0 Å². The number of benzene rings is 2. The highest BCUT2D eigenvalue weighted by Gasteiger charge is 2.12. The van der Waals surface area contributed by atoms with Crippen molar-refractivity contribution in [3.63, 3.8) is 0 Å². The second kappa shape index (κ2) is 6.97. The molecule has 0 radical (unpaired) electrons. The van der Waals surface area contributed by atoms with E-state index in [0.717, 1.165) is 15.6 Å². The van der Waals surface area contributed by atoms with E-state index in [1.807, 2.05) is 36.4 Å². The highest BCUT2D eigenvalue weighted by molar-refractivity contribution is 9.10. The van der Waals surface area contributed by atoms with Gasteiger partial charge in [-0.25, -0.2) is 0 Å².